The highest BCUT2D eigenvalue weighted by molar-refractivity contribution is 5.16. The topological polar surface area (TPSA) is 58.3 Å². The molecule has 3 heteroatoms. The van der Waals surface area contributed by atoms with E-state index in [0.29, 0.717) is 19.0 Å². The van der Waals surface area contributed by atoms with Gasteiger partial charge in [-0.25, -0.2) is 0 Å². The highest BCUT2D eigenvalue weighted by Crippen LogP contribution is 2.09. The van der Waals surface area contributed by atoms with Gasteiger partial charge < -0.3 is 16.2 Å². The Kier molecular flexibility index (Phi) is 4.93. The molecule has 0 bridgehead atoms. The number of hydrogen-bond donors (Lipinski definition) is 3. The van der Waals surface area contributed by atoms with Crippen LogP contribution >= 0.6 is 0 Å². The summed E-state index contributed by atoms with van der Waals surface area (Å²) >= 11 is 0. The summed E-state index contributed by atoms with van der Waals surface area (Å²) in [5, 5.41) is 13.4. The van der Waals surface area contributed by atoms with E-state index in [1.54, 1.807) is 0 Å². The zero-order valence-electron chi connectivity index (χ0n) is 10.6. The van der Waals surface area contributed by atoms with Crippen molar-refractivity contribution in [2.45, 2.75) is 37.5 Å². The molecule has 4 N–H and O–H groups in total. The van der Waals surface area contributed by atoms with Gasteiger partial charge in [-0.15, -0.1) is 0 Å². The van der Waals surface area contributed by atoms with Gasteiger partial charge in [0.1, 0.15) is 0 Å². The Bertz CT molecular complexity index is 369. The van der Waals surface area contributed by atoms with Crippen molar-refractivity contribution < 1.29 is 5.11 Å². The second-order valence-electron chi connectivity index (χ2n) is 4.97. The molecule has 0 radical (unpaired) electrons. The van der Waals surface area contributed by atoms with E-state index in [2.05, 4.69) is 17.5 Å². The second kappa shape index (κ2) is 6.69. The molecule has 3 nitrogen and oxygen atoms in total. The van der Waals surface area contributed by atoms with Crippen molar-refractivity contribution >= 4 is 0 Å². The molecule has 0 fully saturated rings. The summed E-state index contributed by atoms with van der Waals surface area (Å²) in [5.41, 5.74) is 7.20. The van der Waals surface area contributed by atoms with Gasteiger partial charge in [0.05, 0.1) is 6.10 Å². The average molecular weight is 246 g/mol. The Balaban J connectivity index is 1.72. The summed E-state index contributed by atoms with van der Waals surface area (Å²) in [6.45, 7) is 0.570. The maximum atomic E-state index is 10.0. The third-order valence-corrected chi connectivity index (χ3v) is 3.43. The quantitative estimate of drug-likeness (QED) is 0.662. The molecule has 18 heavy (non-hydrogen) atoms. The fourth-order valence-corrected chi connectivity index (χ4v) is 2.24. The van der Waals surface area contributed by atoms with Gasteiger partial charge in [-0.2, -0.15) is 0 Å². The molecule has 0 unspecified atom stereocenters. The van der Waals surface area contributed by atoms with Gasteiger partial charge >= 0.3 is 0 Å². The van der Waals surface area contributed by atoms with Gasteiger partial charge in [-0.3, -0.25) is 0 Å². The summed E-state index contributed by atoms with van der Waals surface area (Å²) in [5.74, 6) is 0. The lowest BCUT2D eigenvalue weighted by Gasteiger charge is -2.21. The van der Waals surface area contributed by atoms with E-state index >= 15 is 0 Å². The van der Waals surface area contributed by atoms with Crippen LogP contribution in [0.15, 0.2) is 42.5 Å². The largest absolute Gasteiger partial charge is 0.390 e. The fourth-order valence-electron chi connectivity index (χ4n) is 2.24. The summed E-state index contributed by atoms with van der Waals surface area (Å²) in [7, 11) is 0. The third kappa shape index (κ3) is 3.95. The van der Waals surface area contributed by atoms with Crippen molar-refractivity contribution in [2.75, 3.05) is 6.54 Å². The molecule has 0 aromatic heterocycles. The SMILES string of the molecule is N[C@@H](Cc1ccccc1)[C@H](O)CNC1CC=CC1. The minimum absolute atomic E-state index is 0.214. The van der Waals surface area contributed by atoms with E-state index in [0.717, 1.165) is 12.8 Å². The first-order chi connectivity index (χ1) is 8.75. The van der Waals surface area contributed by atoms with Crippen LogP contribution in [0.1, 0.15) is 18.4 Å². The standard InChI is InChI=1S/C15H22N2O/c16-14(10-12-6-2-1-3-7-12)15(18)11-17-13-8-4-5-9-13/h1-7,13-15,17-18H,8-11,16H2/t14-,15+/m0/s1. The highest BCUT2D eigenvalue weighted by atomic mass is 16.3. The lowest BCUT2D eigenvalue weighted by molar-refractivity contribution is 0.138. The molecular weight excluding hydrogens is 224 g/mol. The molecular formula is C15H22N2O. The molecule has 0 saturated heterocycles. The number of nitrogens with one attached hydrogen (secondary N) is 1. The number of benzene rings is 1. The monoisotopic (exact) mass is 246 g/mol. The lowest BCUT2D eigenvalue weighted by Crippen LogP contribution is -2.45. The van der Waals surface area contributed by atoms with E-state index in [4.69, 9.17) is 5.73 Å². The molecule has 1 aromatic rings. The number of aliphatic hydroxyl groups excluding tert-OH is 1. The van der Waals surface area contributed by atoms with Crippen LogP contribution in [0.3, 0.4) is 0 Å². The van der Waals surface area contributed by atoms with Crippen molar-refractivity contribution in [1.29, 1.82) is 0 Å². The predicted molar refractivity (Wildman–Crippen MR) is 74.3 cm³/mol. The van der Waals surface area contributed by atoms with Gasteiger partial charge in [0, 0.05) is 18.6 Å². The molecule has 2 atom stereocenters. The van der Waals surface area contributed by atoms with E-state index < -0.39 is 6.10 Å². The molecule has 0 spiro atoms. The number of rotatable bonds is 6. The van der Waals surface area contributed by atoms with E-state index in [1.807, 2.05) is 30.3 Å². The highest BCUT2D eigenvalue weighted by Gasteiger charge is 2.17. The van der Waals surface area contributed by atoms with E-state index in [1.165, 1.54) is 5.56 Å². The maximum Gasteiger partial charge on any atom is 0.0818 e. The minimum Gasteiger partial charge on any atom is -0.390 e. The van der Waals surface area contributed by atoms with Crippen molar-refractivity contribution in [2.24, 2.45) is 5.73 Å². The number of aliphatic hydroxyl groups is 1. The Hall–Kier alpha value is -1.16. The average Bonchev–Trinajstić information content (AvgIpc) is 2.90. The van der Waals surface area contributed by atoms with Gasteiger partial charge in [0.2, 0.25) is 0 Å². The lowest BCUT2D eigenvalue weighted by atomic mass is 10.0. The first kappa shape index (κ1) is 13.3. The zero-order valence-corrected chi connectivity index (χ0v) is 10.6. The first-order valence-corrected chi connectivity index (χ1v) is 6.61. The molecule has 2 rings (SSSR count). The van der Waals surface area contributed by atoms with Crippen LogP contribution in [0.2, 0.25) is 0 Å². The third-order valence-electron chi connectivity index (χ3n) is 3.43. The van der Waals surface area contributed by atoms with Crippen molar-refractivity contribution in [3.8, 4) is 0 Å². The van der Waals surface area contributed by atoms with Gasteiger partial charge in [-0.05, 0) is 24.8 Å². The summed E-state index contributed by atoms with van der Waals surface area (Å²) < 4.78 is 0. The van der Waals surface area contributed by atoms with Crippen LogP contribution < -0.4 is 11.1 Å². The fraction of sp³-hybridized carbons (Fsp3) is 0.467. The normalized spacial score (nSPS) is 19.0. The van der Waals surface area contributed by atoms with Crippen LogP contribution in [0, 0.1) is 0 Å². The van der Waals surface area contributed by atoms with Crippen LogP contribution in [0.4, 0.5) is 0 Å². The predicted octanol–water partition coefficient (Wildman–Crippen LogP) is 1.23. The van der Waals surface area contributed by atoms with Crippen LogP contribution in [-0.4, -0.2) is 29.8 Å². The van der Waals surface area contributed by atoms with Crippen LogP contribution in [0.5, 0.6) is 0 Å². The van der Waals surface area contributed by atoms with Crippen molar-refractivity contribution in [3.05, 3.63) is 48.0 Å². The van der Waals surface area contributed by atoms with Crippen LogP contribution in [0.25, 0.3) is 0 Å². The van der Waals surface area contributed by atoms with Crippen LogP contribution in [-0.2, 0) is 6.42 Å². The number of nitrogens with two attached hydrogens (primary N) is 1. The Labute approximate surface area is 109 Å². The zero-order chi connectivity index (χ0) is 12.8. The maximum absolute atomic E-state index is 10.0. The molecule has 98 valence electrons. The molecule has 1 aliphatic carbocycles. The number of hydrogen-bond acceptors (Lipinski definition) is 3. The van der Waals surface area contributed by atoms with Gasteiger partial charge in [0.15, 0.2) is 0 Å². The second-order valence-corrected chi connectivity index (χ2v) is 4.97. The summed E-state index contributed by atoms with van der Waals surface area (Å²) in [6, 6.07) is 10.3. The van der Waals surface area contributed by atoms with E-state index in [9.17, 15) is 5.11 Å². The van der Waals surface area contributed by atoms with Gasteiger partial charge in [-0.1, -0.05) is 42.5 Å². The Morgan fingerprint density at radius 3 is 2.56 bits per heavy atom. The molecule has 1 aromatic carbocycles. The van der Waals surface area contributed by atoms with Gasteiger partial charge in [0.25, 0.3) is 0 Å². The smallest absolute Gasteiger partial charge is 0.0818 e. The molecule has 0 amide bonds. The molecule has 0 heterocycles. The Morgan fingerprint density at radius 1 is 1.22 bits per heavy atom. The minimum atomic E-state index is -0.495. The molecule has 0 aliphatic heterocycles. The first-order valence-electron chi connectivity index (χ1n) is 6.61. The molecule has 1 aliphatic rings. The summed E-state index contributed by atoms with van der Waals surface area (Å²) in [6.07, 6.45) is 6.68. The van der Waals surface area contributed by atoms with Crippen molar-refractivity contribution in [3.63, 3.8) is 0 Å². The molecule has 0 saturated carbocycles. The summed E-state index contributed by atoms with van der Waals surface area (Å²) in [4.78, 5) is 0. The van der Waals surface area contributed by atoms with E-state index in [-0.39, 0.29) is 6.04 Å². The van der Waals surface area contributed by atoms with Crippen molar-refractivity contribution in [1.82, 2.24) is 5.32 Å². The Morgan fingerprint density at radius 2 is 1.89 bits per heavy atom.